The highest BCUT2D eigenvalue weighted by molar-refractivity contribution is 5.79. The van der Waals surface area contributed by atoms with Crippen molar-refractivity contribution in [2.45, 2.75) is 32.7 Å². The number of likely N-dealkylation sites (tertiary alicyclic amines) is 1. The molecule has 1 fully saturated rings. The van der Waals surface area contributed by atoms with Crippen LogP contribution in [-0.2, 0) is 0 Å². The third-order valence-electron chi connectivity index (χ3n) is 3.10. The molecule has 0 radical (unpaired) electrons. The van der Waals surface area contributed by atoms with Crippen LogP contribution in [0.4, 0.5) is 0 Å². The summed E-state index contributed by atoms with van der Waals surface area (Å²) in [4.78, 5) is 4.52. The van der Waals surface area contributed by atoms with Crippen LogP contribution in [0.2, 0.25) is 0 Å². The molecule has 1 heterocycles. The van der Waals surface area contributed by atoms with Gasteiger partial charge in [-0.1, -0.05) is 13.8 Å². The molecule has 1 aliphatic heterocycles. The minimum atomic E-state index is 0.618. The molecular formula is C11H23N3. The Balaban J connectivity index is 2.50. The summed E-state index contributed by atoms with van der Waals surface area (Å²) in [5, 5.41) is 7.91. The maximum atomic E-state index is 7.91. The average Bonchev–Trinajstić information content (AvgIpc) is 2.48. The first-order valence-electron chi connectivity index (χ1n) is 5.55. The largest absolute Gasteiger partial charge is 0.359 e. The fourth-order valence-electron chi connectivity index (χ4n) is 2.24. The van der Waals surface area contributed by atoms with E-state index >= 15 is 0 Å². The Bertz CT molecular complexity index is 201. The number of hydrogen-bond acceptors (Lipinski definition) is 2. The topological polar surface area (TPSA) is 30.3 Å². The highest BCUT2D eigenvalue weighted by atomic mass is 15.3. The standard InChI is InChI=1S/C11H23N3/c1-5-6-11(12)14-7-9(2)10(8-14)13(3)4/h9-10,12H,5-8H2,1-4H3. The van der Waals surface area contributed by atoms with Gasteiger partial charge in [0, 0.05) is 25.6 Å². The first-order chi connectivity index (χ1) is 6.56. The van der Waals surface area contributed by atoms with Gasteiger partial charge in [0.1, 0.15) is 0 Å². The van der Waals surface area contributed by atoms with E-state index in [-0.39, 0.29) is 0 Å². The van der Waals surface area contributed by atoms with Gasteiger partial charge in [-0.25, -0.2) is 0 Å². The Morgan fingerprint density at radius 2 is 2.07 bits per heavy atom. The van der Waals surface area contributed by atoms with Gasteiger partial charge in [-0.2, -0.15) is 0 Å². The Morgan fingerprint density at radius 1 is 1.43 bits per heavy atom. The summed E-state index contributed by atoms with van der Waals surface area (Å²) in [6, 6.07) is 0.618. The lowest BCUT2D eigenvalue weighted by atomic mass is 10.1. The lowest BCUT2D eigenvalue weighted by molar-refractivity contribution is 0.262. The average molecular weight is 197 g/mol. The number of rotatable bonds is 3. The Hall–Kier alpha value is -0.570. The fourth-order valence-corrected chi connectivity index (χ4v) is 2.24. The van der Waals surface area contributed by atoms with Crippen LogP contribution in [0.25, 0.3) is 0 Å². The molecule has 0 aliphatic carbocycles. The third kappa shape index (κ3) is 2.47. The van der Waals surface area contributed by atoms with Crippen molar-refractivity contribution in [1.29, 1.82) is 5.41 Å². The SMILES string of the molecule is CCCC(=N)N1CC(C)C(N(C)C)C1. The van der Waals surface area contributed by atoms with Gasteiger partial charge in [0.15, 0.2) is 0 Å². The molecular weight excluding hydrogens is 174 g/mol. The second kappa shape index (κ2) is 4.78. The zero-order valence-electron chi connectivity index (χ0n) is 9.88. The maximum absolute atomic E-state index is 7.91. The lowest BCUT2D eigenvalue weighted by Crippen LogP contribution is -2.35. The van der Waals surface area contributed by atoms with Gasteiger partial charge in [-0.3, -0.25) is 5.41 Å². The molecule has 0 bridgehead atoms. The van der Waals surface area contributed by atoms with Crippen LogP contribution in [-0.4, -0.2) is 48.9 Å². The van der Waals surface area contributed by atoms with Gasteiger partial charge in [0.2, 0.25) is 0 Å². The molecule has 0 aromatic rings. The molecule has 1 saturated heterocycles. The first-order valence-corrected chi connectivity index (χ1v) is 5.55. The summed E-state index contributed by atoms with van der Waals surface area (Å²) in [7, 11) is 4.27. The van der Waals surface area contributed by atoms with Crippen molar-refractivity contribution in [3.05, 3.63) is 0 Å². The molecule has 0 spiro atoms. The van der Waals surface area contributed by atoms with Gasteiger partial charge in [0.05, 0.1) is 5.84 Å². The van der Waals surface area contributed by atoms with Crippen LogP contribution in [0.3, 0.4) is 0 Å². The van der Waals surface area contributed by atoms with Crippen molar-refractivity contribution in [1.82, 2.24) is 9.80 Å². The van der Waals surface area contributed by atoms with Gasteiger partial charge < -0.3 is 9.80 Å². The fraction of sp³-hybridized carbons (Fsp3) is 0.909. The molecule has 3 heteroatoms. The van der Waals surface area contributed by atoms with Crippen molar-refractivity contribution in [2.24, 2.45) is 5.92 Å². The third-order valence-corrected chi connectivity index (χ3v) is 3.10. The monoisotopic (exact) mass is 197 g/mol. The van der Waals surface area contributed by atoms with E-state index in [0.717, 1.165) is 31.8 Å². The minimum Gasteiger partial charge on any atom is -0.359 e. The van der Waals surface area contributed by atoms with Gasteiger partial charge in [0.25, 0.3) is 0 Å². The van der Waals surface area contributed by atoms with Gasteiger partial charge in [-0.15, -0.1) is 0 Å². The molecule has 1 N–H and O–H groups in total. The molecule has 0 aromatic heterocycles. The van der Waals surface area contributed by atoms with E-state index in [9.17, 15) is 0 Å². The molecule has 2 unspecified atom stereocenters. The van der Waals surface area contributed by atoms with Crippen LogP contribution >= 0.6 is 0 Å². The molecule has 0 aromatic carbocycles. The Morgan fingerprint density at radius 3 is 2.50 bits per heavy atom. The highest BCUT2D eigenvalue weighted by Crippen LogP contribution is 2.20. The Labute approximate surface area is 87.6 Å². The highest BCUT2D eigenvalue weighted by Gasteiger charge is 2.31. The minimum absolute atomic E-state index is 0.618. The number of amidine groups is 1. The van der Waals surface area contributed by atoms with Crippen molar-refractivity contribution < 1.29 is 0 Å². The smallest absolute Gasteiger partial charge is 0.0958 e. The molecule has 1 aliphatic rings. The number of nitrogens with one attached hydrogen (secondary N) is 1. The van der Waals surface area contributed by atoms with Crippen LogP contribution in [0, 0.1) is 11.3 Å². The number of nitrogens with zero attached hydrogens (tertiary/aromatic N) is 2. The normalized spacial score (nSPS) is 27.4. The summed E-state index contributed by atoms with van der Waals surface area (Å²) in [6.07, 6.45) is 2.00. The van der Waals surface area contributed by atoms with Crippen molar-refractivity contribution in [2.75, 3.05) is 27.2 Å². The van der Waals surface area contributed by atoms with Crippen LogP contribution < -0.4 is 0 Å². The predicted octanol–water partition coefficient (Wildman–Crippen LogP) is 1.65. The molecule has 1 rings (SSSR count). The van der Waals surface area contributed by atoms with E-state index in [4.69, 9.17) is 5.41 Å². The van der Waals surface area contributed by atoms with Gasteiger partial charge in [-0.05, 0) is 26.4 Å². The van der Waals surface area contributed by atoms with Crippen molar-refractivity contribution in [3.8, 4) is 0 Å². The van der Waals surface area contributed by atoms with Crippen LogP contribution in [0.1, 0.15) is 26.7 Å². The van der Waals surface area contributed by atoms with Crippen LogP contribution in [0.5, 0.6) is 0 Å². The van der Waals surface area contributed by atoms with E-state index in [0.29, 0.717) is 12.0 Å². The van der Waals surface area contributed by atoms with E-state index in [1.165, 1.54) is 0 Å². The number of likely N-dealkylation sites (N-methyl/N-ethyl adjacent to an activating group) is 1. The van der Waals surface area contributed by atoms with Crippen molar-refractivity contribution in [3.63, 3.8) is 0 Å². The summed E-state index contributed by atoms with van der Waals surface area (Å²) in [5.41, 5.74) is 0. The predicted molar refractivity (Wildman–Crippen MR) is 60.8 cm³/mol. The number of hydrogen-bond donors (Lipinski definition) is 1. The molecule has 0 saturated carbocycles. The van der Waals surface area contributed by atoms with Gasteiger partial charge >= 0.3 is 0 Å². The summed E-state index contributed by atoms with van der Waals surface area (Å²) in [5.74, 6) is 1.51. The molecule has 0 amide bonds. The van der Waals surface area contributed by atoms with E-state index in [1.807, 2.05) is 0 Å². The summed E-state index contributed by atoms with van der Waals surface area (Å²) < 4.78 is 0. The second-order valence-corrected chi connectivity index (χ2v) is 4.61. The van der Waals surface area contributed by atoms with Crippen LogP contribution in [0.15, 0.2) is 0 Å². The first kappa shape index (κ1) is 11.5. The summed E-state index contributed by atoms with van der Waals surface area (Å²) >= 11 is 0. The van der Waals surface area contributed by atoms with E-state index < -0.39 is 0 Å². The zero-order valence-corrected chi connectivity index (χ0v) is 9.88. The zero-order chi connectivity index (χ0) is 10.7. The lowest BCUT2D eigenvalue weighted by Gasteiger charge is -2.23. The van der Waals surface area contributed by atoms with Crippen molar-refractivity contribution >= 4 is 5.84 Å². The summed E-state index contributed by atoms with van der Waals surface area (Å²) in [6.45, 7) is 6.51. The molecule has 2 atom stereocenters. The molecule has 3 nitrogen and oxygen atoms in total. The van der Waals surface area contributed by atoms with E-state index in [1.54, 1.807) is 0 Å². The van der Waals surface area contributed by atoms with E-state index in [2.05, 4.69) is 37.7 Å². The second-order valence-electron chi connectivity index (χ2n) is 4.61. The molecule has 82 valence electrons. The molecule has 14 heavy (non-hydrogen) atoms. The maximum Gasteiger partial charge on any atom is 0.0958 e. The quantitative estimate of drug-likeness (QED) is 0.551. The Kier molecular flexibility index (Phi) is 3.93.